The van der Waals surface area contributed by atoms with Crippen molar-refractivity contribution in [3.8, 4) is 0 Å². The molecule has 3 aromatic heterocycles. The number of thioether (sulfide) groups is 1. The van der Waals surface area contributed by atoms with Gasteiger partial charge in [0, 0.05) is 114 Å². The third kappa shape index (κ3) is 31.0. The third-order valence-corrected chi connectivity index (χ3v) is 23.9. The lowest BCUT2D eigenvalue weighted by molar-refractivity contribution is -0.149. The molecule has 2 fully saturated rings. The lowest BCUT2D eigenvalue weighted by atomic mass is 9.95. The van der Waals surface area contributed by atoms with Gasteiger partial charge >= 0.3 is 0 Å². The number of unbranched alkanes of at least 4 members (excludes halogenated alkanes) is 2. The number of rotatable bonds is 26. The van der Waals surface area contributed by atoms with Crippen LogP contribution in [0, 0.1) is 17.2 Å². The molecule has 0 unspecified atom stereocenters. The van der Waals surface area contributed by atoms with Crippen LogP contribution in [0.25, 0.3) is 10.9 Å². The van der Waals surface area contributed by atoms with Crippen molar-refractivity contribution in [3.05, 3.63) is 107 Å². The average molecular weight is 1820 g/mol. The molecule has 43 heteroatoms. The number of aromatic nitrogens is 4. The first kappa shape index (κ1) is 103. The highest BCUT2D eigenvalue weighted by atomic mass is 32.2. The van der Waals surface area contributed by atoms with Crippen LogP contribution in [0.15, 0.2) is 84.2 Å². The van der Waals surface area contributed by atoms with Crippen molar-refractivity contribution in [1.82, 2.24) is 97.6 Å². The summed E-state index contributed by atoms with van der Waals surface area (Å²) in [6.45, 7) is 6.10. The van der Waals surface area contributed by atoms with Crippen molar-refractivity contribution in [3.63, 3.8) is 0 Å². The van der Waals surface area contributed by atoms with Crippen LogP contribution < -0.4 is 70.4 Å². The van der Waals surface area contributed by atoms with Gasteiger partial charge in [0.25, 0.3) is 0 Å². The highest BCUT2D eigenvalue weighted by Crippen LogP contribution is 2.26. The number of carbonyl (C=O) groups excluding carboxylic acids is 17. The maximum Gasteiger partial charge on any atom is 0.246 e. The van der Waals surface area contributed by atoms with Crippen molar-refractivity contribution in [2.75, 3.05) is 72.5 Å². The molecule has 2 saturated heterocycles. The number of para-hydroxylation sites is 1. The number of carbonyl (C=O) groups is 17. The van der Waals surface area contributed by atoms with Gasteiger partial charge in [-0.05, 0) is 75.0 Å². The molecule has 5 aromatic rings. The number of imidazole rings is 1. The minimum atomic E-state index is -1.80. The first-order valence-corrected chi connectivity index (χ1v) is 44.9. The van der Waals surface area contributed by atoms with Crippen molar-refractivity contribution in [2.45, 2.75) is 216 Å². The summed E-state index contributed by atoms with van der Waals surface area (Å²) < 4.78 is 0. The van der Waals surface area contributed by atoms with Crippen LogP contribution >= 0.6 is 23.1 Å². The lowest BCUT2D eigenvalue weighted by Crippen LogP contribution is -2.61. The van der Waals surface area contributed by atoms with E-state index < -0.39 is 229 Å². The Balaban J connectivity index is 1.28. The van der Waals surface area contributed by atoms with E-state index in [1.807, 2.05) is 13.8 Å². The van der Waals surface area contributed by atoms with Crippen LogP contribution in [-0.4, -0.2) is 301 Å². The number of guanidine groups is 1. The number of hydrogen-bond acceptors (Lipinski definition) is 23. The number of likely N-dealkylation sites (N-methyl/N-ethyl adjacent to an activating group) is 4. The standard InChI is InChI=1S/C85H123N23O18S2/c1-10-12-26-66-78(120)97-58(25-19-29-91-85(88)89)75(117)103-65(74(116)93-40-70(87)112)44-127-45-71(113)96-61(32-50-21-15-14-16-22-50)81(123)105(7)49(5)72(114)99-63(37-69(86)111)83(125)108-30-20-28-67(108)79(121)98-59(36-53-39-90-46-94-53)76(118)100-60(31-48(3)4)80(122)104(6)41-55(110)34-51(33-54-43-128-47-95-54)73(115)102-64(42-109)77(119)101-62(35-52-38-92-57-24-18-17-23-56(52)57)82(124)107(9)68(27-13-11-2)84(126)106(66)8/h14-18,21-24,38-39,43,46-49,51,58-68,92,109H,10-13,19-20,25-37,40-42,44-45H2,1-9H3,(H2,86,111)(H2,87,112)(H,90,94)(H,93,116)(H,96,113)(H,97,120)(H,98,121)(H,99,114)(H,100,118)(H,101,119)(H,102,115)(H,103,117)(H4,88,89,91)/t49-,51+,58-,59-,60-,61-,62-,63-,64-,65-,66-,67-,68-/m0/s1. The van der Waals surface area contributed by atoms with Gasteiger partial charge in [0.1, 0.15) is 72.5 Å². The predicted octanol–water partition coefficient (Wildman–Crippen LogP) is -2.07. The van der Waals surface area contributed by atoms with Crippen molar-refractivity contribution < 1.29 is 86.6 Å². The zero-order chi connectivity index (χ0) is 94.0. The molecule has 13 atom stereocenters. The van der Waals surface area contributed by atoms with Crippen molar-refractivity contribution in [1.29, 1.82) is 5.41 Å². The first-order valence-electron chi connectivity index (χ1n) is 42.8. The number of nitrogens with one attached hydrogen (secondary N) is 13. The van der Waals surface area contributed by atoms with E-state index >= 15 is 14.4 Å². The Bertz CT molecular complexity index is 4670. The molecule has 0 aliphatic carbocycles. The minimum Gasteiger partial charge on any atom is -0.394 e. The second kappa shape index (κ2) is 50.8. The molecule has 16 amide bonds. The van der Waals surface area contributed by atoms with Gasteiger partial charge in [-0.2, -0.15) is 0 Å². The molecule has 0 saturated carbocycles. The fourth-order valence-corrected chi connectivity index (χ4v) is 16.5. The number of aliphatic hydroxyl groups excluding tert-OH is 1. The summed E-state index contributed by atoms with van der Waals surface area (Å²) in [4.78, 5) is 267. The number of benzene rings is 2. The van der Waals surface area contributed by atoms with Crippen molar-refractivity contribution >= 4 is 140 Å². The van der Waals surface area contributed by atoms with E-state index in [2.05, 4.69) is 73.1 Å². The number of aromatic amines is 2. The van der Waals surface area contributed by atoms with Gasteiger partial charge in [0.05, 0.1) is 55.3 Å². The number of Topliss-reactive ketones (excluding diaryl/α,β-unsaturated/α-hetero) is 1. The summed E-state index contributed by atoms with van der Waals surface area (Å²) in [6.07, 6.45) is 4.02. The molecule has 0 bridgehead atoms. The monoisotopic (exact) mass is 1820 g/mol. The number of H-pyrrole nitrogens is 2. The largest absolute Gasteiger partial charge is 0.394 e. The highest BCUT2D eigenvalue weighted by Gasteiger charge is 2.44. The minimum absolute atomic E-state index is 0.00148. The van der Waals surface area contributed by atoms with Gasteiger partial charge in [-0.1, -0.05) is 102 Å². The predicted molar refractivity (Wildman–Crippen MR) is 475 cm³/mol. The van der Waals surface area contributed by atoms with Crippen LogP contribution in [0.3, 0.4) is 0 Å². The van der Waals surface area contributed by atoms with E-state index in [1.165, 1.54) is 64.5 Å². The van der Waals surface area contributed by atoms with E-state index in [-0.39, 0.29) is 89.6 Å². The van der Waals surface area contributed by atoms with Crippen LogP contribution in [-0.2, 0) is 107 Å². The summed E-state index contributed by atoms with van der Waals surface area (Å²) in [5, 5.41) is 47.5. The molecule has 41 nitrogen and oxygen atoms in total. The molecule has 0 spiro atoms. The quantitative estimate of drug-likeness (QED) is 0.0161. The Morgan fingerprint density at radius 3 is 1.89 bits per heavy atom. The van der Waals surface area contributed by atoms with Crippen LogP contribution in [0.2, 0.25) is 0 Å². The lowest BCUT2D eigenvalue weighted by Gasteiger charge is -2.36. The van der Waals surface area contributed by atoms with E-state index in [1.54, 1.807) is 80.0 Å². The molecule has 20 N–H and O–H groups in total. The van der Waals surface area contributed by atoms with Gasteiger partial charge in [0.2, 0.25) is 94.5 Å². The normalized spacial score (nSPS) is 23.9. The molecule has 0 radical (unpaired) electrons. The Labute approximate surface area is 750 Å². The molecule has 5 heterocycles. The van der Waals surface area contributed by atoms with Crippen molar-refractivity contribution in [2.24, 2.45) is 29.0 Å². The number of hydrogen-bond donors (Lipinski definition) is 17. The van der Waals surface area contributed by atoms with E-state index in [9.17, 15) is 72.2 Å². The van der Waals surface area contributed by atoms with Crippen LogP contribution in [0.5, 0.6) is 0 Å². The summed E-state index contributed by atoms with van der Waals surface area (Å²) in [7, 11) is 5.28. The summed E-state index contributed by atoms with van der Waals surface area (Å²) >= 11 is 1.99. The number of thiazole rings is 1. The third-order valence-electron chi connectivity index (χ3n) is 22.2. The van der Waals surface area contributed by atoms with E-state index in [0.717, 1.165) is 36.3 Å². The fraction of sp³-hybridized carbons (Fsp3) is 0.553. The van der Waals surface area contributed by atoms with Gasteiger partial charge in [0.15, 0.2) is 11.7 Å². The van der Waals surface area contributed by atoms with Gasteiger partial charge < -0.3 is 110 Å². The second-order valence-electron chi connectivity index (χ2n) is 32.6. The second-order valence-corrected chi connectivity index (χ2v) is 34.3. The Kier molecular flexibility index (Phi) is 40.8. The Hall–Kier alpha value is -12.4. The topological polar surface area (TPSA) is 606 Å². The van der Waals surface area contributed by atoms with Gasteiger partial charge in [-0.25, -0.2) is 9.97 Å². The maximum atomic E-state index is 15.6. The Morgan fingerprint density at radius 1 is 0.617 bits per heavy atom. The number of fused-ring (bicyclic) bond motifs is 2. The SMILES string of the molecule is CCCC[C@H]1C(=O)N(C)[C@@H](CCCC)C(=O)N[C@@H](CCCNC(=N)N)C(=O)N[C@H](C(=O)NCC(N)=O)CSCC(=O)N[C@@H](Cc2ccccc2)C(=O)N(C)[C@@H](C)C(=O)N[C@@H](CC(N)=O)C(=O)N2CCC[C@H]2C(=O)N[C@@H](Cc2cnc[nH]2)C(=O)N[C@@H](CC(C)C)C(=O)N(C)CC(=O)C[C@@H](Cc2cscn2)C(=O)N[C@@H](CO)C(=O)N[C@@H](Cc2c[nH]c3ccccc23)C(=O)N1C. The summed E-state index contributed by atoms with van der Waals surface area (Å²) in [5.74, 6) is -17.9. The molecular formula is C85H123N23O18S2. The number of ketones is 1. The summed E-state index contributed by atoms with van der Waals surface area (Å²) in [6, 6.07) is -2.39. The number of nitrogens with zero attached hydrogens (tertiary/aromatic N) is 7. The van der Waals surface area contributed by atoms with E-state index in [4.69, 9.17) is 22.6 Å². The molecule has 698 valence electrons. The number of primary amides is 2. The first-order chi connectivity index (χ1) is 60.9. The zero-order valence-electron chi connectivity index (χ0n) is 73.7. The van der Waals surface area contributed by atoms with Gasteiger partial charge in [-0.3, -0.25) is 86.9 Å². The molecule has 128 heavy (non-hydrogen) atoms. The highest BCUT2D eigenvalue weighted by molar-refractivity contribution is 8.00. The molecular weight excluding hydrogens is 1700 g/mol. The van der Waals surface area contributed by atoms with Crippen LogP contribution in [0.4, 0.5) is 0 Å². The number of amides is 16. The zero-order valence-corrected chi connectivity index (χ0v) is 75.3. The fourth-order valence-electron chi connectivity index (χ4n) is 15.1. The summed E-state index contributed by atoms with van der Waals surface area (Å²) in [5.41, 5.74) is 20.7. The molecule has 2 aromatic carbocycles. The van der Waals surface area contributed by atoms with Crippen LogP contribution in [0.1, 0.15) is 141 Å². The molecule has 2 aliphatic rings. The maximum absolute atomic E-state index is 15.6. The Morgan fingerprint density at radius 2 is 1.24 bits per heavy atom. The molecule has 7 rings (SSSR count). The average Bonchev–Trinajstić information content (AvgIpc) is 1.46. The number of aliphatic hydroxyl groups is 1. The van der Waals surface area contributed by atoms with Gasteiger partial charge in [-0.15, -0.1) is 23.1 Å². The van der Waals surface area contributed by atoms with E-state index in [0.29, 0.717) is 59.1 Å². The number of nitrogens with two attached hydrogens (primary N) is 3. The molecule has 2 aliphatic heterocycles. The smallest absolute Gasteiger partial charge is 0.246 e.